The van der Waals surface area contributed by atoms with Gasteiger partial charge in [0.25, 0.3) is 0 Å². The molecule has 0 bridgehead atoms. The Balaban J connectivity index is 2.24. The van der Waals surface area contributed by atoms with E-state index in [-0.39, 0.29) is 0 Å². The molecule has 0 saturated carbocycles. The molecule has 1 atom stereocenters. The lowest BCUT2D eigenvalue weighted by Gasteiger charge is -2.11. The van der Waals surface area contributed by atoms with Crippen LogP contribution >= 0.6 is 0 Å². The molecular weight excluding hydrogens is 112 g/mol. The molecule has 0 radical (unpaired) electrons. The zero-order valence-electron chi connectivity index (χ0n) is 5.72. The summed E-state index contributed by atoms with van der Waals surface area (Å²) < 4.78 is 0. The van der Waals surface area contributed by atoms with Crippen LogP contribution in [0.4, 0.5) is 0 Å². The van der Waals surface area contributed by atoms with Crippen molar-refractivity contribution in [3.63, 3.8) is 0 Å². The largest absolute Gasteiger partial charge is 0.251 e. The molecule has 1 rings (SSSR count). The van der Waals surface area contributed by atoms with Crippen LogP contribution in [0.1, 0.15) is 13.3 Å². The molecule has 0 aromatic heterocycles. The maximum absolute atomic E-state index is 5.12. The molecule has 2 nitrogen and oxygen atoms in total. The zero-order valence-corrected chi connectivity index (χ0v) is 5.72. The average Bonchev–Trinajstić information content (AvgIpc) is 2.17. The summed E-state index contributed by atoms with van der Waals surface area (Å²) in [6.45, 7) is 3.98. The first kappa shape index (κ1) is 6.60. The minimum absolute atomic E-state index is 0.610. The number of hydrogen-bond acceptors (Lipinski definition) is 2. The van der Waals surface area contributed by atoms with E-state index in [9.17, 15) is 0 Å². The lowest BCUT2D eigenvalue weighted by molar-refractivity contribution is 0.270. The lowest BCUT2D eigenvalue weighted by atomic mass is 10.3. The van der Waals surface area contributed by atoms with Crippen molar-refractivity contribution in [3.8, 4) is 12.3 Å². The van der Waals surface area contributed by atoms with E-state index >= 15 is 0 Å². The van der Waals surface area contributed by atoms with Gasteiger partial charge in [0.15, 0.2) is 0 Å². The predicted molar refractivity (Wildman–Crippen MR) is 37.6 cm³/mol. The average molecular weight is 124 g/mol. The summed E-state index contributed by atoms with van der Waals surface area (Å²) in [6.07, 6.45) is 6.33. The number of hydrazine groups is 1. The molecular formula is C7H12N2. The van der Waals surface area contributed by atoms with Crippen molar-refractivity contribution in [2.75, 3.05) is 13.1 Å². The first-order valence-corrected chi connectivity index (χ1v) is 3.27. The van der Waals surface area contributed by atoms with Crippen LogP contribution < -0.4 is 5.43 Å². The van der Waals surface area contributed by atoms with Crippen LogP contribution in [-0.4, -0.2) is 24.1 Å². The summed E-state index contributed by atoms with van der Waals surface area (Å²) in [5.74, 6) is 2.59. The number of hydrogen-bond donors (Lipinski definition) is 1. The van der Waals surface area contributed by atoms with Crippen molar-refractivity contribution < 1.29 is 0 Å². The predicted octanol–water partition coefficient (Wildman–Crippen LogP) is 0.218. The van der Waals surface area contributed by atoms with Crippen molar-refractivity contribution in [1.82, 2.24) is 10.4 Å². The molecule has 50 valence electrons. The van der Waals surface area contributed by atoms with Gasteiger partial charge in [0.2, 0.25) is 0 Å². The van der Waals surface area contributed by atoms with Crippen molar-refractivity contribution >= 4 is 0 Å². The van der Waals surface area contributed by atoms with Gasteiger partial charge in [0, 0.05) is 12.6 Å². The smallest absolute Gasteiger partial charge is 0.0740 e. The van der Waals surface area contributed by atoms with Crippen LogP contribution in [-0.2, 0) is 0 Å². The van der Waals surface area contributed by atoms with Crippen LogP contribution in [0.15, 0.2) is 0 Å². The van der Waals surface area contributed by atoms with Gasteiger partial charge in [-0.05, 0) is 13.3 Å². The summed E-state index contributed by atoms with van der Waals surface area (Å²) in [4.78, 5) is 0. The second-order valence-corrected chi connectivity index (χ2v) is 2.44. The van der Waals surface area contributed by atoms with E-state index in [4.69, 9.17) is 6.42 Å². The van der Waals surface area contributed by atoms with Gasteiger partial charge in [-0.15, -0.1) is 6.42 Å². The van der Waals surface area contributed by atoms with Crippen LogP contribution in [0.25, 0.3) is 0 Å². The van der Waals surface area contributed by atoms with Crippen molar-refractivity contribution in [3.05, 3.63) is 0 Å². The van der Waals surface area contributed by atoms with Crippen LogP contribution in [0.2, 0.25) is 0 Å². The van der Waals surface area contributed by atoms with Gasteiger partial charge in [-0.2, -0.15) is 0 Å². The van der Waals surface area contributed by atoms with Crippen molar-refractivity contribution in [1.29, 1.82) is 0 Å². The standard InChI is InChI=1S/C7H12N2/c1-3-5-9-6-4-7(2)8-9/h1,7-8H,4-6H2,2H3. The fourth-order valence-corrected chi connectivity index (χ4v) is 1.03. The Kier molecular flexibility index (Phi) is 2.10. The Labute approximate surface area is 56.2 Å². The van der Waals surface area contributed by atoms with Gasteiger partial charge < -0.3 is 0 Å². The first-order valence-electron chi connectivity index (χ1n) is 3.27. The van der Waals surface area contributed by atoms with E-state index in [0.29, 0.717) is 6.04 Å². The Hall–Kier alpha value is -0.520. The number of rotatable bonds is 1. The zero-order chi connectivity index (χ0) is 6.69. The molecule has 1 heterocycles. The summed E-state index contributed by atoms with van der Waals surface area (Å²) in [7, 11) is 0. The second-order valence-electron chi connectivity index (χ2n) is 2.44. The lowest BCUT2D eigenvalue weighted by Crippen LogP contribution is -2.34. The minimum atomic E-state index is 0.610. The van der Waals surface area contributed by atoms with Crippen LogP contribution in [0.5, 0.6) is 0 Å². The first-order chi connectivity index (χ1) is 4.33. The van der Waals surface area contributed by atoms with E-state index in [0.717, 1.165) is 13.1 Å². The fourth-order valence-electron chi connectivity index (χ4n) is 1.03. The molecule has 2 heteroatoms. The molecule has 0 aliphatic carbocycles. The van der Waals surface area contributed by atoms with E-state index < -0.39 is 0 Å². The van der Waals surface area contributed by atoms with E-state index in [1.165, 1.54) is 6.42 Å². The molecule has 9 heavy (non-hydrogen) atoms. The molecule has 1 N–H and O–H groups in total. The maximum atomic E-state index is 5.12. The Morgan fingerprint density at radius 1 is 1.89 bits per heavy atom. The van der Waals surface area contributed by atoms with Crippen molar-refractivity contribution in [2.45, 2.75) is 19.4 Å². The second kappa shape index (κ2) is 2.86. The molecule has 1 aliphatic heterocycles. The number of nitrogens with zero attached hydrogens (tertiary/aromatic N) is 1. The van der Waals surface area contributed by atoms with Gasteiger partial charge in [-0.1, -0.05) is 5.92 Å². The molecule has 0 amide bonds. The van der Waals surface area contributed by atoms with E-state index in [1.54, 1.807) is 0 Å². The normalized spacial score (nSPS) is 28.2. The summed E-state index contributed by atoms with van der Waals surface area (Å²) >= 11 is 0. The third-order valence-corrected chi connectivity index (χ3v) is 1.52. The molecule has 0 aromatic rings. The fraction of sp³-hybridized carbons (Fsp3) is 0.714. The van der Waals surface area contributed by atoms with Gasteiger partial charge in [-0.25, -0.2) is 5.01 Å². The van der Waals surface area contributed by atoms with Crippen LogP contribution in [0, 0.1) is 12.3 Å². The summed E-state index contributed by atoms with van der Waals surface area (Å²) in [5, 5.41) is 2.07. The number of terminal acetylenes is 1. The molecule has 1 aliphatic rings. The van der Waals surface area contributed by atoms with Crippen LogP contribution in [0.3, 0.4) is 0 Å². The quantitative estimate of drug-likeness (QED) is 0.503. The van der Waals surface area contributed by atoms with Gasteiger partial charge >= 0.3 is 0 Å². The molecule has 0 aromatic carbocycles. The highest BCUT2D eigenvalue weighted by atomic mass is 15.5. The Morgan fingerprint density at radius 2 is 2.67 bits per heavy atom. The highest BCUT2D eigenvalue weighted by Gasteiger charge is 2.15. The van der Waals surface area contributed by atoms with E-state index in [2.05, 4.69) is 23.3 Å². The van der Waals surface area contributed by atoms with Gasteiger partial charge in [-0.3, -0.25) is 5.43 Å². The highest BCUT2D eigenvalue weighted by Crippen LogP contribution is 2.02. The van der Waals surface area contributed by atoms with Gasteiger partial charge in [0.05, 0.1) is 6.54 Å². The Morgan fingerprint density at radius 3 is 3.11 bits per heavy atom. The van der Waals surface area contributed by atoms with Crippen molar-refractivity contribution in [2.24, 2.45) is 0 Å². The Bertz CT molecular complexity index is 125. The molecule has 1 saturated heterocycles. The third kappa shape index (κ3) is 1.70. The summed E-state index contributed by atoms with van der Waals surface area (Å²) in [6, 6.07) is 0.610. The SMILES string of the molecule is C#CCN1CCC(C)N1. The highest BCUT2D eigenvalue weighted by molar-refractivity contribution is 4.89. The van der Waals surface area contributed by atoms with E-state index in [1.807, 2.05) is 0 Å². The third-order valence-electron chi connectivity index (χ3n) is 1.52. The monoisotopic (exact) mass is 124 g/mol. The number of nitrogens with one attached hydrogen (secondary N) is 1. The minimum Gasteiger partial charge on any atom is -0.251 e. The molecule has 1 fully saturated rings. The molecule has 1 unspecified atom stereocenters. The maximum Gasteiger partial charge on any atom is 0.0740 e. The summed E-state index contributed by atoms with van der Waals surface area (Å²) in [5.41, 5.74) is 3.25. The van der Waals surface area contributed by atoms with Gasteiger partial charge in [0.1, 0.15) is 0 Å². The topological polar surface area (TPSA) is 15.3 Å². The molecule has 0 spiro atoms.